The first-order chi connectivity index (χ1) is 15.0. The lowest BCUT2D eigenvalue weighted by Gasteiger charge is -2.16. The SMILES string of the molecule is C1=c2ccc3c(c2CCC1)CC=c1ccccc1=3.Cc1ccc(C(=O)O)cc1C(=O)O. The van der Waals surface area contributed by atoms with Gasteiger partial charge in [-0.25, -0.2) is 9.59 Å². The first kappa shape index (κ1) is 20.6. The number of hydrogen-bond donors (Lipinski definition) is 2. The van der Waals surface area contributed by atoms with Gasteiger partial charge in [-0.15, -0.1) is 0 Å². The lowest BCUT2D eigenvalue weighted by molar-refractivity contribution is 0.0695. The fourth-order valence-electron chi connectivity index (χ4n) is 4.34. The molecule has 0 heterocycles. The smallest absolute Gasteiger partial charge is 0.335 e. The second kappa shape index (κ2) is 8.60. The molecule has 3 aromatic rings. The van der Waals surface area contributed by atoms with Gasteiger partial charge in [-0.05, 0) is 82.3 Å². The minimum atomic E-state index is -1.12. The number of carboxylic acid groups (broad SMARTS) is 2. The first-order valence-electron chi connectivity index (χ1n) is 10.4. The van der Waals surface area contributed by atoms with Crippen LogP contribution in [0.1, 0.15) is 50.2 Å². The van der Waals surface area contributed by atoms with Gasteiger partial charge in [-0.1, -0.05) is 54.6 Å². The standard InChI is InChI=1S/C18H16.C9H8O4/c1-3-7-15-13(5-1)9-11-18-16-8-4-2-6-14(16)10-12-17(15)18;1-5-2-3-6(8(10)11)4-7(5)9(12)13/h1,3,5-7,9-10,12H,2,4,8,11H2;2-4H,1H3,(H,10,11)(H,12,13). The average Bonchev–Trinajstić information content (AvgIpc) is 2.79. The van der Waals surface area contributed by atoms with Crippen molar-refractivity contribution in [2.75, 3.05) is 0 Å². The Morgan fingerprint density at radius 2 is 1.61 bits per heavy atom. The molecule has 0 bridgehead atoms. The molecule has 31 heavy (non-hydrogen) atoms. The van der Waals surface area contributed by atoms with E-state index in [1.807, 2.05) is 0 Å². The molecule has 4 heteroatoms. The number of fused-ring (bicyclic) bond motifs is 4. The van der Waals surface area contributed by atoms with Crippen LogP contribution in [-0.4, -0.2) is 22.2 Å². The zero-order valence-corrected chi connectivity index (χ0v) is 17.4. The molecule has 0 saturated carbocycles. The Kier molecular flexibility index (Phi) is 5.72. The van der Waals surface area contributed by atoms with Gasteiger partial charge in [0.25, 0.3) is 0 Å². The van der Waals surface area contributed by atoms with Crippen LogP contribution in [0, 0.1) is 17.4 Å². The zero-order chi connectivity index (χ0) is 22.0. The van der Waals surface area contributed by atoms with Crippen LogP contribution in [0.2, 0.25) is 0 Å². The van der Waals surface area contributed by atoms with Crippen molar-refractivity contribution in [1.82, 2.24) is 0 Å². The van der Waals surface area contributed by atoms with Crippen molar-refractivity contribution in [3.63, 3.8) is 0 Å². The van der Waals surface area contributed by atoms with E-state index in [0.29, 0.717) is 5.56 Å². The number of aryl methyl sites for hydroxylation is 1. The van der Waals surface area contributed by atoms with E-state index in [2.05, 4.69) is 48.6 Å². The van der Waals surface area contributed by atoms with Crippen molar-refractivity contribution in [1.29, 1.82) is 0 Å². The van der Waals surface area contributed by atoms with E-state index in [4.69, 9.17) is 10.2 Å². The van der Waals surface area contributed by atoms with Gasteiger partial charge in [0.2, 0.25) is 0 Å². The molecule has 0 spiro atoms. The second-order valence-electron chi connectivity index (χ2n) is 7.89. The number of hydrogen-bond acceptors (Lipinski definition) is 2. The van der Waals surface area contributed by atoms with Gasteiger partial charge >= 0.3 is 11.9 Å². The van der Waals surface area contributed by atoms with Crippen LogP contribution in [0.25, 0.3) is 12.2 Å². The molecular formula is C27H24O4. The highest BCUT2D eigenvalue weighted by Crippen LogP contribution is 2.17. The van der Waals surface area contributed by atoms with Gasteiger partial charge < -0.3 is 10.2 Å². The van der Waals surface area contributed by atoms with Gasteiger partial charge in [-0.3, -0.25) is 0 Å². The predicted molar refractivity (Wildman–Crippen MR) is 120 cm³/mol. The number of aromatic carboxylic acids is 2. The molecule has 2 N–H and O–H groups in total. The van der Waals surface area contributed by atoms with E-state index in [9.17, 15) is 9.59 Å². The summed E-state index contributed by atoms with van der Waals surface area (Å²) < 4.78 is 0. The summed E-state index contributed by atoms with van der Waals surface area (Å²) in [5.74, 6) is -2.23. The summed E-state index contributed by atoms with van der Waals surface area (Å²) in [5.41, 5.74) is 3.74. The van der Waals surface area contributed by atoms with Crippen LogP contribution in [0.4, 0.5) is 0 Å². The molecule has 2 aliphatic carbocycles. The second-order valence-corrected chi connectivity index (χ2v) is 7.89. The molecule has 0 radical (unpaired) electrons. The van der Waals surface area contributed by atoms with Crippen molar-refractivity contribution in [2.45, 2.75) is 32.6 Å². The topological polar surface area (TPSA) is 74.6 Å². The molecule has 3 aromatic carbocycles. The molecule has 0 aliphatic heterocycles. The van der Waals surface area contributed by atoms with E-state index in [0.717, 1.165) is 12.5 Å². The lowest BCUT2D eigenvalue weighted by Crippen LogP contribution is -2.19. The number of carboxylic acids is 2. The summed E-state index contributed by atoms with van der Waals surface area (Å²) in [6, 6.07) is 17.4. The molecule has 5 rings (SSSR count). The fraction of sp³-hybridized carbons (Fsp3) is 0.185. The van der Waals surface area contributed by atoms with E-state index in [1.54, 1.807) is 18.1 Å². The molecule has 0 aromatic heterocycles. The Bertz CT molecular complexity index is 1400. The Morgan fingerprint density at radius 3 is 2.39 bits per heavy atom. The van der Waals surface area contributed by atoms with E-state index in [1.165, 1.54) is 52.3 Å². The molecule has 0 atom stereocenters. The van der Waals surface area contributed by atoms with Gasteiger partial charge in [0, 0.05) is 0 Å². The summed E-state index contributed by atoms with van der Waals surface area (Å²) in [6.45, 7) is 1.62. The highest BCUT2D eigenvalue weighted by Gasteiger charge is 2.11. The lowest BCUT2D eigenvalue weighted by atomic mass is 9.89. The van der Waals surface area contributed by atoms with Gasteiger partial charge in [0.15, 0.2) is 0 Å². The maximum Gasteiger partial charge on any atom is 0.335 e. The summed E-state index contributed by atoms with van der Waals surface area (Å²) in [4.78, 5) is 21.1. The van der Waals surface area contributed by atoms with E-state index in [-0.39, 0.29) is 11.1 Å². The molecule has 156 valence electrons. The van der Waals surface area contributed by atoms with Crippen LogP contribution in [0.15, 0.2) is 54.6 Å². The Hall–Kier alpha value is -3.66. The van der Waals surface area contributed by atoms with Crippen LogP contribution in [0.3, 0.4) is 0 Å². The molecule has 2 aliphatic rings. The molecule has 0 saturated heterocycles. The molecule has 4 nitrogen and oxygen atoms in total. The number of rotatable bonds is 2. The minimum absolute atomic E-state index is 0.0111. The fourth-order valence-corrected chi connectivity index (χ4v) is 4.34. The third kappa shape index (κ3) is 4.15. The Labute approximate surface area is 180 Å². The normalized spacial score (nSPS) is 13.2. The van der Waals surface area contributed by atoms with Gasteiger partial charge in [-0.2, -0.15) is 0 Å². The molecule has 0 unspecified atom stereocenters. The summed E-state index contributed by atoms with van der Waals surface area (Å²) >= 11 is 0. The number of carbonyl (C=O) groups is 2. The van der Waals surface area contributed by atoms with Crippen molar-refractivity contribution in [3.05, 3.63) is 103 Å². The summed E-state index contributed by atoms with van der Waals surface area (Å²) in [6.07, 6.45) is 9.69. The monoisotopic (exact) mass is 412 g/mol. The van der Waals surface area contributed by atoms with Crippen LogP contribution >= 0.6 is 0 Å². The third-order valence-corrected chi connectivity index (χ3v) is 5.95. The summed E-state index contributed by atoms with van der Waals surface area (Å²) in [7, 11) is 0. The van der Waals surface area contributed by atoms with Crippen molar-refractivity contribution < 1.29 is 19.8 Å². The van der Waals surface area contributed by atoms with Crippen molar-refractivity contribution in [3.8, 4) is 0 Å². The molecular weight excluding hydrogens is 388 g/mol. The quantitative estimate of drug-likeness (QED) is 0.671. The van der Waals surface area contributed by atoms with Gasteiger partial charge in [0.05, 0.1) is 11.1 Å². The maximum absolute atomic E-state index is 10.6. The summed E-state index contributed by atoms with van der Waals surface area (Å²) in [5, 5.41) is 23.0. The van der Waals surface area contributed by atoms with Crippen LogP contribution < -0.4 is 10.4 Å². The number of benzene rings is 3. The predicted octanol–water partition coefficient (Wildman–Crippen LogP) is 3.82. The van der Waals surface area contributed by atoms with Gasteiger partial charge in [0.1, 0.15) is 0 Å². The van der Waals surface area contributed by atoms with Crippen LogP contribution in [0.5, 0.6) is 0 Å². The Morgan fingerprint density at radius 1 is 0.806 bits per heavy atom. The van der Waals surface area contributed by atoms with E-state index < -0.39 is 11.9 Å². The molecule has 0 amide bonds. The zero-order valence-electron chi connectivity index (χ0n) is 17.4. The first-order valence-corrected chi connectivity index (χ1v) is 10.4. The highest BCUT2D eigenvalue weighted by atomic mass is 16.4. The highest BCUT2D eigenvalue weighted by molar-refractivity contribution is 5.94. The van der Waals surface area contributed by atoms with Crippen molar-refractivity contribution in [2.24, 2.45) is 0 Å². The van der Waals surface area contributed by atoms with Crippen molar-refractivity contribution >= 4 is 24.1 Å². The minimum Gasteiger partial charge on any atom is -0.478 e. The Balaban J connectivity index is 0.000000159. The molecule has 0 fully saturated rings. The van der Waals surface area contributed by atoms with E-state index >= 15 is 0 Å². The maximum atomic E-state index is 10.6. The average molecular weight is 412 g/mol. The largest absolute Gasteiger partial charge is 0.478 e. The third-order valence-electron chi connectivity index (χ3n) is 5.95. The van der Waals surface area contributed by atoms with Crippen LogP contribution in [-0.2, 0) is 12.8 Å².